The highest BCUT2D eigenvalue weighted by atomic mass is 16.2. The van der Waals surface area contributed by atoms with Crippen LogP contribution in [0.4, 0.5) is 0 Å². The van der Waals surface area contributed by atoms with Crippen molar-refractivity contribution in [2.45, 2.75) is 133 Å². The van der Waals surface area contributed by atoms with Crippen LogP contribution in [0, 0.1) is 17.8 Å². The Morgan fingerprint density at radius 3 is 2.12 bits per heavy atom. The summed E-state index contributed by atoms with van der Waals surface area (Å²) in [5, 5.41) is 11.5. The van der Waals surface area contributed by atoms with E-state index in [1.165, 1.54) is 0 Å². The summed E-state index contributed by atoms with van der Waals surface area (Å²) in [5.41, 5.74) is 0. The van der Waals surface area contributed by atoms with Crippen LogP contribution in [0.25, 0.3) is 0 Å². The lowest BCUT2D eigenvalue weighted by Crippen LogP contribution is -2.58. The van der Waals surface area contributed by atoms with Crippen LogP contribution in [0.15, 0.2) is 0 Å². The van der Waals surface area contributed by atoms with E-state index in [9.17, 15) is 28.8 Å². The van der Waals surface area contributed by atoms with Gasteiger partial charge in [0.15, 0.2) is 0 Å². The number of hydrogen-bond donors (Lipinski definition) is 4. The molecule has 43 heavy (non-hydrogen) atoms. The molecule has 238 valence electrons. The molecule has 11 nitrogen and oxygen atoms in total. The third kappa shape index (κ3) is 7.76. The quantitative estimate of drug-likeness (QED) is 0.266. The Bertz CT molecular complexity index is 1060. The van der Waals surface area contributed by atoms with Gasteiger partial charge in [0, 0.05) is 31.0 Å². The lowest BCUT2D eigenvalue weighted by Gasteiger charge is -2.33. The van der Waals surface area contributed by atoms with Crippen LogP contribution in [-0.2, 0) is 28.8 Å². The van der Waals surface area contributed by atoms with E-state index in [0.29, 0.717) is 32.4 Å². The van der Waals surface area contributed by atoms with Gasteiger partial charge in [-0.15, -0.1) is 0 Å². The van der Waals surface area contributed by atoms with Crippen LogP contribution in [0.1, 0.15) is 109 Å². The van der Waals surface area contributed by atoms with Crippen LogP contribution < -0.4 is 21.3 Å². The van der Waals surface area contributed by atoms with Gasteiger partial charge in [-0.05, 0) is 70.1 Å². The zero-order chi connectivity index (χ0) is 30.3. The monoisotopic (exact) mass is 599 g/mol. The Hall–Kier alpha value is -2.98. The van der Waals surface area contributed by atoms with Crippen LogP contribution in [-0.4, -0.2) is 77.5 Å². The summed E-state index contributed by atoms with van der Waals surface area (Å²) in [4.78, 5) is 81.2. The molecule has 3 aliphatic carbocycles. The molecule has 3 saturated carbocycles. The van der Waals surface area contributed by atoms with Gasteiger partial charge < -0.3 is 26.2 Å². The van der Waals surface area contributed by atoms with Crippen LogP contribution in [0.3, 0.4) is 0 Å². The molecule has 0 bridgehead atoms. The Morgan fingerprint density at radius 2 is 1.44 bits per heavy atom. The topological polar surface area (TPSA) is 154 Å². The molecular weight excluding hydrogens is 550 g/mol. The van der Waals surface area contributed by atoms with Gasteiger partial charge in [0.2, 0.25) is 29.4 Å². The number of carbonyl (C=O) groups is 6. The van der Waals surface area contributed by atoms with E-state index in [-0.39, 0.29) is 42.0 Å². The van der Waals surface area contributed by atoms with E-state index >= 15 is 0 Å². The Kier molecular flexibility index (Phi) is 10.7. The van der Waals surface area contributed by atoms with E-state index in [0.717, 1.165) is 83.5 Å². The van der Waals surface area contributed by atoms with E-state index in [1.807, 2.05) is 0 Å². The Morgan fingerprint density at radius 1 is 0.767 bits per heavy atom. The smallest absolute Gasteiger partial charge is 0.289 e. The molecule has 0 aromatic rings. The van der Waals surface area contributed by atoms with Gasteiger partial charge in [0.1, 0.15) is 12.1 Å². The second-order valence-electron chi connectivity index (χ2n) is 13.4. The summed E-state index contributed by atoms with van der Waals surface area (Å²) in [6.45, 7) is 0.887. The number of nitrogens with zero attached hydrogens (tertiary/aromatic N) is 1. The average Bonchev–Trinajstić information content (AvgIpc) is 3.84. The highest BCUT2D eigenvalue weighted by Gasteiger charge is 2.43. The SMILES string of the molecule is O=C(NC1CCCC1)C(=O)[C@H](C[C@@H]1CCNC1=O)NC(=O)C1CCCN1C(=O)[C@@H](NC(=O)C1CCCCC1)C1CCCC1. The normalized spacial score (nSPS) is 26.6. The minimum Gasteiger partial charge on any atom is -0.356 e. The molecule has 11 heteroatoms. The molecule has 0 radical (unpaired) electrons. The summed E-state index contributed by atoms with van der Waals surface area (Å²) in [5.74, 6) is -2.95. The number of likely N-dealkylation sites (tertiary alicyclic amines) is 1. The molecule has 0 spiro atoms. The molecule has 2 saturated heterocycles. The molecule has 2 heterocycles. The molecular formula is C32H49N5O6. The van der Waals surface area contributed by atoms with Gasteiger partial charge in [-0.25, -0.2) is 0 Å². The molecule has 5 aliphatic rings. The summed E-state index contributed by atoms with van der Waals surface area (Å²) in [7, 11) is 0. The van der Waals surface area contributed by atoms with Crippen LogP contribution in [0.5, 0.6) is 0 Å². The predicted molar refractivity (Wildman–Crippen MR) is 158 cm³/mol. The first kappa shape index (κ1) is 31.4. The minimum atomic E-state index is -1.16. The zero-order valence-electron chi connectivity index (χ0n) is 25.4. The van der Waals surface area contributed by atoms with Crippen LogP contribution >= 0.6 is 0 Å². The van der Waals surface area contributed by atoms with Crippen molar-refractivity contribution in [3.8, 4) is 0 Å². The van der Waals surface area contributed by atoms with Crippen molar-refractivity contribution in [3.63, 3.8) is 0 Å². The second kappa shape index (κ2) is 14.7. The van der Waals surface area contributed by atoms with E-state index in [2.05, 4.69) is 21.3 Å². The zero-order valence-corrected chi connectivity index (χ0v) is 25.4. The predicted octanol–water partition coefficient (Wildman–Crippen LogP) is 1.87. The summed E-state index contributed by atoms with van der Waals surface area (Å²) in [6.07, 6.45) is 13.9. The second-order valence-corrected chi connectivity index (χ2v) is 13.4. The molecule has 4 N–H and O–H groups in total. The maximum Gasteiger partial charge on any atom is 0.289 e. The summed E-state index contributed by atoms with van der Waals surface area (Å²) in [6, 6.07) is -2.67. The summed E-state index contributed by atoms with van der Waals surface area (Å²) >= 11 is 0. The number of amides is 5. The fourth-order valence-electron chi connectivity index (χ4n) is 7.93. The lowest BCUT2D eigenvalue weighted by molar-refractivity contribution is -0.145. The molecule has 2 aliphatic heterocycles. The number of nitrogens with one attached hydrogen (secondary N) is 4. The number of carbonyl (C=O) groups excluding carboxylic acids is 6. The molecule has 5 amide bonds. The molecule has 0 aromatic heterocycles. The molecule has 4 atom stereocenters. The maximum absolute atomic E-state index is 14.1. The van der Waals surface area contributed by atoms with E-state index < -0.39 is 41.6 Å². The number of ketones is 1. The van der Waals surface area contributed by atoms with Crippen molar-refractivity contribution in [3.05, 3.63) is 0 Å². The van der Waals surface area contributed by atoms with Gasteiger partial charge in [0.05, 0.1) is 6.04 Å². The van der Waals surface area contributed by atoms with Crippen molar-refractivity contribution in [1.82, 2.24) is 26.2 Å². The molecule has 0 aromatic carbocycles. The van der Waals surface area contributed by atoms with Crippen molar-refractivity contribution >= 4 is 35.3 Å². The standard InChI is InChI=1S/C32H49N5O6/c38-27(31(42)34-23-13-6-7-14-23)24(19-22-16-17-33-28(22)39)35-30(41)25-15-8-18-37(25)32(43)26(20-9-4-5-10-20)36-29(40)21-11-2-1-3-12-21/h20-26H,1-19H2,(H,33,39)(H,34,42)(H,35,41)(H,36,40)/t22-,24-,25?,26-/m0/s1. The highest BCUT2D eigenvalue weighted by molar-refractivity contribution is 6.38. The first-order chi connectivity index (χ1) is 20.8. The van der Waals surface area contributed by atoms with E-state index in [1.54, 1.807) is 4.90 Å². The third-order valence-corrected chi connectivity index (χ3v) is 10.5. The van der Waals surface area contributed by atoms with Crippen molar-refractivity contribution in [2.75, 3.05) is 13.1 Å². The Balaban J connectivity index is 1.27. The van der Waals surface area contributed by atoms with Crippen molar-refractivity contribution < 1.29 is 28.8 Å². The Labute approximate surface area is 254 Å². The van der Waals surface area contributed by atoms with Gasteiger partial charge >= 0.3 is 0 Å². The number of rotatable bonds is 11. The third-order valence-electron chi connectivity index (χ3n) is 10.5. The average molecular weight is 600 g/mol. The highest BCUT2D eigenvalue weighted by Crippen LogP contribution is 2.32. The fourth-order valence-corrected chi connectivity index (χ4v) is 7.93. The number of Topliss-reactive ketones (excluding diaryl/α,β-unsaturated/α-hetero) is 1. The molecule has 5 rings (SSSR count). The lowest BCUT2D eigenvalue weighted by atomic mass is 9.87. The maximum atomic E-state index is 14.1. The minimum absolute atomic E-state index is 0.0390. The van der Waals surface area contributed by atoms with Gasteiger partial charge in [0.25, 0.3) is 5.91 Å². The van der Waals surface area contributed by atoms with Crippen molar-refractivity contribution in [2.24, 2.45) is 17.8 Å². The largest absolute Gasteiger partial charge is 0.356 e. The van der Waals surface area contributed by atoms with Crippen molar-refractivity contribution in [1.29, 1.82) is 0 Å². The van der Waals surface area contributed by atoms with Gasteiger partial charge in [-0.3, -0.25) is 28.8 Å². The first-order valence-electron chi connectivity index (χ1n) is 16.9. The van der Waals surface area contributed by atoms with Gasteiger partial charge in [-0.1, -0.05) is 44.9 Å². The molecule has 5 fully saturated rings. The molecule has 1 unspecified atom stereocenters. The van der Waals surface area contributed by atoms with Crippen LogP contribution in [0.2, 0.25) is 0 Å². The fraction of sp³-hybridized carbons (Fsp3) is 0.812. The van der Waals surface area contributed by atoms with E-state index in [4.69, 9.17) is 0 Å². The summed E-state index contributed by atoms with van der Waals surface area (Å²) < 4.78 is 0. The first-order valence-corrected chi connectivity index (χ1v) is 16.9. The van der Waals surface area contributed by atoms with Gasteiger partial charge in [-0.2, -0.15) is 0 Å². The number of hydrogen-bond acceptors (Lipinski definition) is 6.